The summed E-state index contributed by atoms with van der Waals surface area (Å²) in [6.45, 7) is 7.02. The maximum Gasteiger partial charge on any atom is 0.125 e. The molecule has 0 saturated carbocycles. The smallest absolute Gasteiger partial charge is 0.125 e. The first-order valence-electron chi connectivity index (χ1n) is 8.01. The van der Waals surface area contributed by atoms with Crippen LogP contribution in [0, 0.1) is 5.82 Å². The zero-order valence-electron chi connectivity index (χ0n) is 12.8. The average molecular weight is 278 g/mol. The predicted octanol–water partition coefficient (Wildman–Crippen LogP) is 4.09. The van der Waals surface area contributed by atoms with Crippen LogP contribution in [-0.2, 0) is 6.54 Å². The van der Waals surface area contributed by atoms with Crippen molar-refractivity contribution in [2.75, 3.05) is 18.0 Å². The molecule has 1 N–H and O–H groups in total. The van der Waals surface area contributed by atoms with E-state index < -0.39 is 0 Å². The van der Waals surface area contributed by atoms with Crippen molar-refractivity contribution in [1.29, 1.82) is 0 Å². The maximum absolute atomic E-state index is 13.9. The topological polar surface area (TPSA) is 15.3 Å². The first-order chi connectivity index (χ1) is 9.74. The minimum atomic E-state index is -0.115. The molecule has 0 radical (unpaired) electrons. The summed E-state index contributed by atoms with van der Waals surface area (Å²) in [5.41, 5.74) is 2.11. The van der Waals surface area contributed by atoms with Gasteiger partial charge >= 0.3 is 0 Å². The molecule has 0 aliphatic carbocycles. The molecule has 1 aliphatic heterocycles. The Morgan fingerprint density at radius 1 is 1.25 bits per heavy atom. The third kappa shape index (κ3) is 3.95. The fourth-order valence-electron chi connectivity index (χ4n) is 3.14. The highest BCUT2D eigenvalue weighted by atomic mass is 19.1. The van der Waals surface area contributed by atoms with E-state index in [0.717, 1.165) is 30.9 Å². The van der Waals surface area contributed by atoms with Gasteiger partial charge < -0.3 is 10.2 Å². The number of piperidine rings is 1. The second-order valence-corrected chi connectivity index (χ2v) is 5.73. The molecule has 1 unspecified atom stereocenters. The summed E-state index contributed by atoms with van der Waals surface area (Å²) in [5, 5.41) is 3.27. The number of hydrogen-bond acceptors (Lipinski definition) is 2. The van der Waals surface area contributed by atoms with Crippen LogP contribution in [0.2, 0.25) is 0 Å². The number of nitrogens with zero attached hydrogens (tertiary/aromatic N) is 1. The molecule has 1 aliphatic rings. The monoisotopic (exact) mass is 278 g/mol. The van der Waals surface area contributed by atoms with Gasteiger partial charge in [-0.1, -0.05) is 20.3 Å². The van der Waals surface area contributed by atoms with Crippen LogP contribution in [0.15, 0.2) is 18.2 Å². The summed E-state index contributed by atoms with van der Waals surface area (Å²) < 4.78 is 13.9. The van der Waals surface area contributed by atoms with Gasteiger partial charge in [-0.05, 0) is 56.0 Å². The summed E-state index contributed by atoms with van der Waals surface area (Å²) in [5.74, 6) is -0.115. The molecule has 0 bridgehead atoms. The van der Waals surface area contributed by atoms with Crippen molar-refractivity contribution in [3.8, 4) is 0 Å². The molecule has 0 spiro atoms. The van der Waals surface area contributed by atoms with Crippen molar-refractivity contribution in [2.24, 2.45) is 0 Å². The summed E-state index contributed by atoms with van der Waals surface area (Å²) in [6.07, 6.45) is 6.17. The van der Waals surface area contributed by atoms with Crippen LogP contribution < -0.4 is 10.2 Å². The summed E-state index contributed by atoms with van der Waals surface area (Å²) >= 11 is 0. The summed E-state index contributed by atoms with van der Waals surface area (Å²) in [6, 6.07) is 6.08. The second kappa shape index (κ2) is 7.63. The van der Waals surface area contributed by atoms with Crippen LogP contribution in [0.25, 0.3) is 0 Å². The summed E-state index contributed by atoms with van der Waals surface area (Å²) in [4.78, 5) is 2.42. The molecular formula is C17H27FN2. The lowest BCUT2D eigenvalue weighted by Crippen LogP contribution is -2.39. The molecule has 1 saturated heterocycles. The minimum absolute atomic E-state index is 0.115. The van der Waals surface area contributed by atoms with E-state index >= 15 is 0 Å². The van der Waals surface area contributed by atoms with Gasteiger partial charge in [0.05, 0.1) is 0 Å². The van der Waals surface area contributed by atoms with Crippen molar-refractivity contribution >= 4 is 5.69 Å². The number of hydrogen-bond donors (Lipinski definition) is 1. The lowest BCUT2D eigenvalue weighted by Gasteiger charge is -2.38. The van der Waals surface area contributed by atoms with Crippen LogP contribution in [0.5, 0.6) is 0 Å². The molecule has 3 heteroatoms. The second-order valence-electron chi connectivity index (χ2n) is 5.73. The minimum Gasteiger partial charge on any atom is -0.368 e. The van der Waals surface area contributed by atoms with E-state index in [1.807, 2.05) is 0 Å². The molecule has 0 aromatic heterocycles. The van der Waals surface area contributed by atoms with Gasteiger partial charge in [-0.3, -0.25) is 0 Å². The predicted molar refractivity (Wildman–Crippen MR) is 83.7 cm³/mol. The van der Waals surface area contributed by atoms with E-state index in [1.165, 1.54) is 32.1 Å². The fourth-order valence-corrected chi connectivity index (χ4v) is 3.14. The number of benzene rings is 1. The number of nitrogens with one attached hydrogen (secondary N) is 1. The zero-order valence-corrected chi connectivity index (χ0v) is 12.8. The molecular weight excluding hydrogens is 251 g/mol. The Balaban J connectivity index is 2.18. The molecule has 1 atom stereocenters. The van der Waals surface area contributed by atoms with Crippen LogP contribution in [0.1, 0.15) is 51.5 Å². The number of rotatable bonds is 6. The van der Waals surface area contributed by atoms with E-state index in [0.29, 0.717) is 6.04 Å². The Labute approximate surface area is 122 Å². The van der Waals surface area contributed by atoms with Gasteiger partial charge in [0.15, 0.2) is 0 Å². The van der Waals surface area contributed by atoms with Gasteiger partial charge in [-0.15, -0.1) is 0 Å². The lowest BCUT2D eigenvalue weighted by molar-refractivity contribution is 0.434. The highest BCUT2D eigenvalue weighted by Gasteiger charge is 2.22. The lowest BCUT2D eigenvalue weighted by atomic mass is 9.97. The van der Waals surface area contributed by atoms with E-state index in [1.54, 1.807) is 12.1 Å². The molecule has 2 rings (SSSR count). The first-order valence-corrected chi connectivity index (χ1v) is 8.01. The third-order valence-corrected chi connectivity index (χ3v) is 4.10. The Bertz CT molecular complexity index is 417. The van der Waals surface area contributed by atoms with Crippen molar-refractivity contribution in [2.45, 2.75) is 58.5 Å². The molecule has 2 nitrogen and oxygen atoms in total. The van der Waals surface area contributed by atoms with Crippen LogP contribution >= 0.6 is 0 Å². The van der Waals surface area contributed by atoms with Crippen LogP contribution in [0.3, 0.4) is 0 Å². The molecule has 1 heterocycles. The van der Waals surface area contributed by atoms with E-state index in [-0.39, 0.29) is 5.82 Å². The number of halogens is 1. The van der Waals surface area contributed by atoms with E-state index in [4.69, 9.17) is 0 Å². The highest BCUT2D eigenvalue weighted by molar-refractivity contribution is 5.50. The van der Waals surface area contributed by atoms with Gasteiger partial charge in [0, 0.05) is 24.8 Å². The quantitative estimate of drug-likeness (QED) is 0.843. The van der Waals surface area contributed by atoms with Crippen molar-refractivity contribution < 1.29 is 4.39 Å². The Kier molecular flexibility index (Phi) is 5.84. The van der Waals surface area contributed by atoms with Crippen molar-refractivity contribution in [3.63, 3.8) is 0 Å². The third-order valence-electron chi connectivity index (χ3n) is 4.10. The molecule has 1 fully saturated rings. The summed E-state index contributed by atoms with van der Waals surface area (Å²) in [7, 11) is 0. The highest BCUT2D eigenvalue weighted by Crippen LogP contribution is 2.28. The molecule has 112 valence electrons. The van der Waals surface area contributed by atoms with Crippen LogP contribution in [0.4, 0.5) is 10.1 Å². The van der Waals surface area contributed by atoms with E-state index in [9.17, 15) is 4.39 Å². The van der Waals surface area contributed by atoms with Crippen LogP contribution in [-0.4, -0.2) is 19.1 Å². The standard InChI is InChI=1S/C17H27FN2/c1-3-7-16-8-5-6-9-20(16)17-11-14(13-19-4-2)10-15(18)12-17/h10-12,16,19H,3-9,13H2,1-2H3. The largest absolute Gasteiger partial charge is 0.368 e. The number of anilines is 1. The Hall–Kier alpha value is -1.09. The fraction of sp³-hybridized carbons (Fsp3) is 0.647. The van der Waals surface area contributed by atoms with Gasteiger partial charge in [0.25, 0.3) is 0 Å². The molecule has 0 amide bonds. The Morgan fingerprint density at radius 3 is 2.85 bits per heavy atom. The van der Waals surface area contributed by atoms with Gasteiger partial charge in [0.1, 0.15) is 5.82 Å². The molecule has 1 aromatic rings. The maximum atomic E-state index is 13.9. The Morgan fingerprint density at radius 2 is 2.10 bits per heavy atom. The zero-order chi connectivity index (χ0) is 14.4. The van der Waals surface area contributed by atoms with E-state index in [2.05, 4.69) is 30.1 Å². The van der Waals surface area contributed by atoms with Crippen molar-refractivity contribution in [1.82, 2.24) is 5.32 Å². The molecule has 20 heavy (non-hydrogen) atoms. The van der Waals surface area contributed by atoms with Gasteiger partial charge in [-0.25, -0.2) is 4.39 Å². The van der Waals surface area contributed by atoms with Gasteiger partial charge in [-0.2, -0.15) is 0 Å². The average Bonchev–Trinajstić information content (AvgIpc) is 2.45. The first kappa shape index (κ1) is 15.3. The van der Waals surface area contributed by atoms with Crippen molar-refractivity contribution in [3.05, 3.63) is 29.6 Å². The molecule has 1 aromatic carbocycles. The normalized spacial score (nSPS) is 19.4. The SMILES string of the molecule is CCCC1CCCCN1c1cc(F)cc(CNCC)c1. The van der Waals surface area contributed by atoms with Gasteiger partial charge in [0.2, 0.25) is 0 Å².